The van der Waals surface area contributed by atoms with E-state index in [9.17, 15) is 0 Å². The summed E-state index contributed by atoms with van der Waals surface area (Å²) < 4.78 is 5.96. The van der Waals surface area contributed by atoms with Crippen molar-refractivity contribution in [3.8, 4) is 11.6 Å². The third kappa shape index (κ3) is 2.51. The number of hydrogen-bond acceptors (Lipinski definition) is 3. The fraction of sp³-hybridized carbons (Fsp3) is 0.312. The molecule has 0 bridgehead atoms. The molecule has 1 heterocycles. The summed E-state index contributed by atoms with van der Waals surface area (Å²) in [7, 11) is 0. The summed E-state index contributed by atoms with van der Waals surface area (Å²) in [5, 5.41) is 0.704. The molecule has 1 aliphatic rings. The first kappa shape index (κ1) is 13.4. The fourth-order valence-corrected chi connectivity index (χ4v) is 2.79. The smallest absolute Gasteiger partial charge is 0.223 e. The number of aromatic nitrogens is 1. The van der Waals surface area contributed by atoms with Crippen molar-refractivity contribution >= 4 is 11.6 Å². The number of ether oxygens (including phenoxy) is 1. The quantitative estimate of drug-likeness (QED) is 0.935. The molecule has 1 aromatic carbocycles. The first-order valence-electron chi connectivity index (χ1n) is 6.83. The van der Waals surface area contributed by atoms with Crippen molar-refractivity contribution in [1.82, 2.24) is 4.98 Å². The minimum Gasteiger partial charge on any atom is -0.438 e. The highest BCUT2D eigenvalue weighted by atomic mass is 35.5. The Morgan fingerprint density at radius 2 is 2.15 bits per heavy atom. The molecule has 104 valence electrons. The Labute approximate surface area is 123 Å². The minimum atomic E-state index is 0.433. The van der Waals surface area contributed by atoms with E-state index in [-0.39, 0.29) is 0 Å². The Hall–Kier alpha value is -1.58. The van der Waals surface area contributed by atoms with Gasteiger partial charge in [0.1, 0.15) is 5.75 Å². The summed E-state index contributed by atoms with van der Waals surface area (Å²) in [4.78, 5) is 4.65. The highest BCUT2D eigenvalue weighted by Crippen LogP contribution is 2.31. The maximum Gasteiger partial charge on any atom is 0.223 e. The van der Waals surface area contributed by atoms with Crippen molar-refractivity contribution in [3.05, 3.63) is 51.7 Å². The monoisotopic (exact) mass is 288 g/mol. The predicted molar refractivity (Wildman–Crippen MR) is 80.4 cm³/mol. The van der Waals surface area contributed by atoms with Gasteiger partial charge in [0.15, 0.2) is 0 Å². The normalized spacial score (nSPS) is 13.3. The molecule has 4 heteroatoms. The van der Waals surface area contributed by atoms with Crippen LogP contribution < -0.4 is 10.5 Å². The molecule has 2 N–H and O–H groups in total. The van der Waals surface area contributed by atoms with Crippen LogP contribution in [0.3, 0.4) is 0 Å². The minimum absolute atomic E-state index is 0.433. The molecule has 0 radical (unpaired) electrons. The number of halogens is 1. The lowest BCUT2D eigenvalue weighted by Crippen LogP contribution is -2.04. The molecule has 3 rings (SSSR count). The number of benzene rings is 1. The lowest BCUT2D eigenvalue weighted by atomic mass is 10.1. The molecule has 0 saturated carbocycles. The maximum atomic E-state index is 5.96. The number of hydrogen-bond donors (Lipinski definition) is 1. The van der Waals surface area contributed by atoms with Crippen LogP contribution in [0.25, 0.3) is 0 Å². The number of pyridine rings is 1. The number of fused-ring (bicyclic) bond motifs is 1. The SMILES string of the molecule is Cc1cc(Cl)ccc1Oc1nc2c(cc1CN)CCC2. The molecule has 0 spiro atoms. The molecule has 0 atom stereocenters. The van der Waals surface area contributed by atoms with E-state index in [1.54, 1.807) is 0 Å². The van der Waals surface area contributed by atoms with E-state index in [2.05, 4.69) is 11.1 Å². The van der Waals surface area contributed by atoms with Crippen LogP contribution in [0.1, 0.15) is 28.8 Å². The van der Waals surface area contributed by atoms with Crippen LogP contribution in [-0.2, 0) is 19.4 Å². The number of nitrogens with two attached hydrogens (primary N) is 1. The molecule has 1 aliphatic carbocycles. The highest BCUT2D eigenvalue weighted by molar-refractivity contribution is 6.30. The fourth-order valence-electron chi connectivity index (χ4n) is 2.57. The molecule has 1 aromatic heterocycles. The zero-order valence-electron chi connectivity index (χ0n) is 11.4. The van der Waals surface area contributed by atoms with Gasteiger partial charge in [-0.2, -0.15) is 0 Å². The van der Waals surface area contributed by atoms with Crippen LogP contribution in [0.15, 0.2) is 24.3 Å². The van der Waals surface area contributed by atoms with E-state index < -0.39 is 0 Å². The van der Waals surface area contributed by atoms with Crippen molar-refractivity contribution in [2.24, 2.45) is 5.73 Å². The molecule has 0 fully saturated rings. The first-order chi connectivity index (χ1) is 9.67. The topological polar surface area (TPSA) is 48.1 Å². The Balaban J connectivity index is 1.97. The third-order valence-corrected chi connectivity index (χ3v) is 3.89. The van der Waals surface area contributed by atoms with Gasteiger partial charge >= 0.3 is 0 Å². The molecular formula is C16H17ClN2O. The van der Waals surface area contributed by atoms with E-state index in [1.165, 1.54) is 5.56 Å². The Morgan fingerprint density at radius 1 is 1.30 bits per heavy atom. The number of nitrogens with zero attached hydrogens (tertiary/aromatic N) is 1. The van der Waals surface area contributed by atoms with Gasteiger partial charge in [0.05, 0.1) is 0 Å². The summed E-state index contributed by atoms with van der Waals surface area (Å²) in [6, 6.07) is 7.70. The van der Waals surface area contributed by atoms with E-state index in [0.717, 1.165) is 41.8 Å². The summed E-state index contributed by atoms with van der Waals surface area (Å²) in [5.74, 6) is 1.40. The molecular weight excluding hydrogens is 272 g/mol. The van der Waals surface area contributed by atoms with Crippen LogP contribution in [0.4, 0.5) is 0 Å². The van der Waals surface area contributed by atoms with Crippen LogP contribution >= 0.6 is 11.6 Å². The van der Waals surface area contributed by atoms with Crippen molar-refractivity contribution in [2.75, 3.05) is 0 Å². The van der Waals surface area contributed by atoms with Gasteiger partial charge in [-0.25, -0.2) is 4.98 Å². The molecule has 2 aromatic rings. The molecule has 0 saturated heterocycles. The zero-order chi connectivity index (χ0) is 14.1. The second-order valence-corrected chi connectivity index (χ2v) is 5.56. The first-order valence-corrected chi connectivity index (χ1v) is 7.21. The van der Waals surface area contributed by atoms with Crippen LogP contribution in [0.2, 0.25) is 5.02 Å². The van der Waals surface area contributed by atoms with E-state index in [4.69, 9.17) is 22.1 Å². The summed E-state index contributed by atoms with van der Waals surface area (Å²) >= 11 is 5.96. The number of rotatable bonds is 3. The molecule has 0 amide bonds. The van der Waals surface area contributed by atoms with Crippen molar-refractivity contribution in [3.63, 3.8) is 0 Å². The van der Waals surface area contributed by atoms with Gasteiger partial charge in [0.25, 0.3) is 0 Å². The van der Waals surface area contributed by atoms with E-state index >= 15 is 0 Å². The third-order valence-electron chi connectivity index (χ3n) is 3.65. The molecule has 20 heavy (non-hydrogen) atoms. The van der Waals surface area contributed by atoms with Gasteiger partial charge in [0, 0.05) is 22.8 Å². The van der Waals surface area contributed by atoms with Crippen LogP contribution in [0, 0.1) is 6.92 Å². The van der Waals surface area contributed by atoms with Gasteiger partial charge in [0.2, 0.25) is 5.88 Å². The maximum absolute atomic E-state index is 5.96. The Kier molecular flexibility index (Phi) is 3.64. The van der Waals surface area contributed by atoms with Crippen molar-refractivity contribution < 1.29 is 4.74 Å². The largest absolute Gasteiger partial charge is 0.438 e. The average molecular weight is 289 g/mol. The molecule has 0 aliphatic heterocycles. The molecule has 0 unspecified atom stereocenters. The van der Waals surface area contributed by atoms with Crippen LogP contribution in [0.5, 0.6) is 11.6 Å². The predicted octanol–water partition coefficient (Wildman–Crippen LogP) is 3.78. The standard InChI is InChI=1S/C16H17ClN2O/c1-10-7-13(17)5-6-15(10)20-16-12(9-18)8-11-3-2-4-14(11)19-16/h5-8H,2-4,9,18H2,1H3. The van der Waals surface area contributed by atoms with Crippen LogP contribution in [-0.4, -0.2) is 4.98 Å². The Morgan fingerprint density at radius 3 is 2.90 bits per heavy atom. The van der Waals surface area contributed by atoms with Gasteiger partial charge < -0.3 is 10.5 Å². The Bertz CT molecular complexity index is 655. The van der Waals surface area contributed by atoms with Gasteiger partial charge in [-0.05, 0) is 61.6 Å². The van der Waals surface area contributed by atoms with Crippen molar-refractivity contribution in [2.45, 2.75) is 32.7 Å². The number of aryl methyl sites for hydroxylation is 3. The average Bonchev–Trinajstić information content (AvgIpc) is 2.88. The second-order valence-electron chi connectivity index (χ2n) is 5.13. The van der Waals surface area contributed by atoms with Crippen molar-refractivity contribution in [1.29, 1.82) is 0 Å². The van der Waals surface area contributed by atoms with E-state index in [1.807, 2.05) is 25.1 Å². The second kappa shape index (κ2) is 5.43. The zero-order valence-corrected chi connectivity index (χ0v) is 12.2. The van der Waals surface area contributed by atoms with Gasteiger partial charge in [-0.1, -0.05) is 11.6 Å². The summed E-state index contributed by atoms with van der Waals surface area (Å²) in [6.07, 6.45) is 3.28. The highest BCUT2D eigenvalue weighted by Gasteiger charge is 2.17. The summed E-state index contributed by atoms with van der Waals surface area (Å²) in [6.45, 7) is 2.40. The lowest BCUT2D eigenvalue weighted by molar-refractivity contribution is 0.451. The van der Waals surface area contributed by atoms with Gasteiger partial charge in [-0.15, -0.1) is 0 Å². The molecule has 3 nitrogen and oxygen atoms in total. The lowest BCUT2D eigenvalue weighted by Gasteiger charge is -2.13. The van der Waals surface area contributed by atoms with E-state index in [0.29, 0.717) is 17.4 Å². The van der Waals surface area contributed by atoms with Gasteiger partial charge in [-0.3, -0.25) is 0 Å². The summed E-state index contributed by atoms with van der Waals surface area (Å²) in [5.41, 5.74) is 10.2.